The molecule has 26 heavy (non-hydrogen) atoms. The molecule has 0 saturated carbocycles. The highest BCUT2D eigenvalue weighted by Crippen LogP contribution is 2.35. The SMILES string of the molecule is Cc1cc(C(F)(F)F)nc(CCNC(=O)N2CCC[C@@]3(CCNC3)C2)n1. The molecule has 0 aromatic carbocycles. The van der Waals surface area contributed by atoms with E-state index in [0.29, 0.717) is 6.54 Å². The first-order valence-electron chi connectivity index (χ1n) is 8.93. The largest absolute Gasteiger partial charge is 0.433 e. The van der Waals surface area contributed by atoms with Gasteiger partial charge >= 0.3 is 12.2 Å². The number of hydrogen-bond acceptors (Lipinski definition) is 4. The zero-order chi connectivity index (χ0) is 18.8. The molecule has 2 fully saturated rings. The topological polar surface area (TPSA) is 70.2 Å². The normalized spacial score (nSPS) is 23.5. The van der Waals surface area contributed by atoms with Crippen molar-refractivity contribution in [1.29, 1.82) is 0 Å². The number of alkyl halides is 3. The summed E-state index contributed by atoms with van der Waals surface area (Å²) in [5, 5.41) is 6.15. The van der Waals surface area contributed by atoms with Crippen LogP contribution >= 0.6 is 0 Å². The van der Waals surface area contributed by atoms with Crippen LogP contribution in [0.3, 0.4) is 0 Å². The van der Waals surface area contributed by atoms with Gasteiger partial charge in [0.05, 0.1) is 0 Å². The Hall–Kier alpha value is -1.90. The number of urea groups is 1. The number of nitrogens with one attached hydrogen (secondary N) is 2. The summed E-state index contributed by atoms with van der Waals surface area (Å²) in [5.41, 5.74) is -0.505. The average molecular weight is 371 g/mol. The van der Waals surface area contributed by atoms with Crippen LogP contribution in [0.1, 0.15) is 36.5 Å². The van der Waals surface area contributed by atoms with Crippen molar-refractivity contribution in [3.05, 3.63) is 23.3 Å². The molecular weight excluding hydrogens is 347 g/mol. The highest BCUT2D eigenvalue weighted by Gasteiger charge is 2.39. The molecule has 0 radical (unpaired) electrons. The summed E-state index contributed by atoms with van der Waals surface area (Å²) in [7, 11) is 0. The van der Waals surface area contributed by atoms with Gasteiger partial charge < -0.3 is 15.5 Å². The Balaban J connectivity index is 1.53. The van der Waals surface area contributed by atoms with Gasteiger partial charge in [0, 0.05) is 43.7 Å². The Morgan fingerprint density at radius 2 is 2.19 bits per heavy atom. The molecule has 6 nitrogen and oxygen atoms in total. The first kappa shape index (κ1) is 18.9. The van der Waals surface area contributed by atoms with E-state index in [2.05, 4.69) is 20.6 Å². The van der Waals surface area contributed by atoms with Crippen LogP contribution in [-0.4, -0.2) is 53.6 Å². The Kier molecular flexibility index (Phi) is 5.36. The van der Waals surface area contributed by atoms with Crippen molar-refractivity contribution in [1.82, 2.24) is 25.5 Å². The van der Waals surface area contributed by atoms with Gasteiger partial charge in [0.2, 0.25) is 0 Å². The molecule has 0 unspecified atom stereocenters. The van der Waals surface area contributed by atoms with Crippen LogP contribution in [0.2, 0.25) is 0 Å². The van der Waals surface area contributed by atoms with Crippen LogP contribution in [0.15, 0.2) is 6.07 Å². The summed E-state index contributed by atoms with van der Waals surface area (Å²) in [4.78, 5) is 21.8. The fourth-order valence-electron chi connectivity index (χ4n) is 3.81. The van der Waals surface area contributed by atoms with Crippen molar-refractivity contribution in [3.8, 4) is 0 Å². The number of piperidine rings is 1. The van der Waals surface area contributed by atoms with E-state index in [1.54, 1.807) is 0 Å². The summed E-state index contributed by atoms with van der Waals surface area (Å²) in [6.07, 6.45) is -1.15. The van der Waals surface area contributed by atoms with Gasteiger partial charge in [-0.25, -0.2) is 14.8 Å². The number of aryl methyl sites for hydroxylation is 1. The summed E-state index contributed by atoms with van der Waals surface area (Å²) in [6.45, 7) is 5.08. The number of likely N-dealkylation sites (tertiary alicyclic amines) is 1. The summed E-state index contributed by atoms with van der Waals surface area (Å²) >= 11 is 0. The lowest BCUT2D eigenvalue weighted by molar-refractivity contribution is -0.141. The second-order valence-electron chi connectivity index (χ2n) is 7.24. The quantitative estimate of drug-likeness (QED) is 0.854. The van der Waals surface area contributed by atoms with E-state index < -0.39 is 11.9 Å². The van der Waals surface area contributed by atoms with Crippen LogP contribution in [0.5, 0.6) is 0 Å². The minimum Gasteiger partial charge on any atom is -0.338 e. The average Bonchev–Trinajstić information content (AvgIpc) is 3.01. The molecule has 1 atom stereocenters. The molecule has 2 N–H and O–H groups in total. The van der Waals surface area contributed by atoms with Gasteiger partial charge in [-0.3, -0.25) is 0 Å². The Morgan fingerprint density at radius 1 is 1.38 bits per heavy atom. The van der Waals surface area contributed by atoms with Gasteiger partial charge in [-0.1, -0.05) is 0 Å². The Bertz CT molecular complexity index is 658. The molecular formula is C17H24F3N5O. The third kappa shape index (κ3) is 4.44. The third-order valence-electron chi connectivity index (χ3n) is 5.10. The van der Waals surface area contributed by atoms with Gasteiger partial charge in [0.1, 0.15) is 11.5 Å². The van der Waals surface area contributed by atoms with Gasteiger partial charge in [0.25, 0.3) is 0 Å². The second-order valence-corrected chi connectivity index (χ2v) is 7.24. The third-order valence-corrected chi connectivity index (χ3v) is 5.10. The van der Waals surface area contributed by atoms with Crippen LogP contribution in [-0.2, 0) is 12.6 Å². The molecule has 3 heterocycles. The molecule has 144 valence electrons. The molecule has 1 aromatic heterocycles. The molecule has 2 saturated heterocycles. The van der Waals surface area contributed by atoms with Crippen molar-refractivity contribution >= 4 is 6.03 Å². The van der Waals surface area contributed by atoms with Crippen molar-refractivity contribution < 1.29 is 18.0 Å². The molecule has 2 amide bonds. The van der Waals surface area contributed by atoms with Crippen molar-refractivity contribution in [2.24, 2.45) is 5.41 Å². The molecule has 0 bridgehead atoms. The minimum atomic E-state index is -4.50. The van der Waals surface area contributed by atoms with E-state index in [9.17, 15) is 18.0 Å². The number of rotatable bonds is 3. The minimum absolute atomic E-state index is 0.0905. The smallest absolute Gasteiger partial charge is 0.338 e. The lowest BCUT2D eigenvalue weighted by atomic mass is 9.79. The number of carbonyl (C=O) groups is 1. The van der Waals surface area contributed by atoms with Gasteiger partial charge in [-0.05, 0) is 38.8 Å². The molecule has 1 aromatic rings. The van der Waals surface area contributed by atoms with E-state index in [4.69, 9.17) is 0 Å². The fraction of sp³-hybridized carbons (Fsp3) is 0.706. The molecule has 2 aliphatic rings. The van der Waals surface area contributed by atoms with Gasteiger partial charge in [0.15, 0.2) is 0 Å². The number of hydrogen-bond donors (Lipinski definition) is 2. The zero-order valence-corrected chi connectivity index (χ0v) is 14.8. The monoisotopic (exact) mass is 371 g/mol. The summed E-state index contributed by atoms with van der Waals surface area (Å²) in [5.74, 6) is 0.0905. The maximum absolute atomic E-state index is 12.8. The first-order chi connectivity index (χ1) is 12.3. The van der Waals surface area contributed by atoms with E-state index >= 15 is 0 Å². The van der Waals surface area contributed by atoms with Crippen LogP contribution in [0.4, 0.5) is 18.0 Å². The predicted molar refractivity (Wildman–Crippen MR) is 89.6 cm³/mol. The van der Waals surface area contributed by atoms with E-state index in [1.807, 2.05) is 4.90 Å². The van der Waals surface area contributed by atoms with E-state index in [1.165, 1.54) is 6.92 Å². The lowest BCUT2D eigenvalue weighted by Gasteiger charge is -2.39. The Morgan fingerprint density at radius 3 is 2.88 bits per heavy atom. The fourth-order valence-corrected chi connectivity index (χ4v) is 3.81. The van der Waals surface area contributed by atoms with Gasteiger partial charge in [-0.15, -0.1) is 0 Å². The van der Waals surface area contributed by atoms with Crippen molar-refractivity contribution in [3.63, 3.8) is 0 Å². The number of halogens is 3. The molecule has 3 rings (SSSR count). The summed E-state index contributed by atoms with van der Waals surface area (Å²) in [6, 6.07) is 0.755. The maximum Gasteiger partial charge on any atom is 0.433 e. The number of nitrogens with zero attached hydrogens (tertiary/aromatic N) is 3. The van der Waals surface area contributed by atoms with Crippen molar-refractivity contribution in [2.45, 2.75) is 38.8 Å². The summed E-state index contributed by atoms with van der Waals surface area (Å²) < 4.78 is 38.4. The molecule has 1 spiro atoms. The highest BCUT2D eigenvalue weighted by atomic mass is 19.4. The van der Waals surface area contributed by atoms with Crippen LogP contribution < -0.4 is 10.6 Å². The zero-order valence-electron chi connectivity index (χ0n) is 14.8. The number of carbonyl (C=O) groups excluding carboxylic acids is 1. The second kappa shape index (κ2) is 7.38. The molecule has 9 heteroatoms. The van der Waals surface area contributed by atoms with Crippen LogP contribution in [0.25, 0.3) is 0 Å². The van der Waals surface area contributed by atoms with E-state index in [-0.39, 0.29) is 35.9 Å². The molecule has 0 aliphatic carbocycles. The predicted octanol–water partition coefficient (Wildman–Crippen LogP) is 2.13. The number of amides is 2. The highest BCUT2D eigenvalue weighted by molar-refractivity contribution is 5.74. The van der Waals surface area contributed by atoms with Crippen molar-refractivity contribution in [2.75, 3.05) is 32.7 Å². The first-order valence-corrected chi connectivity index (χ1v) is 8.93. The van der Waals surface area contributed by atoms with Crippen LogP contribution in [0, 0.1) is 12.3 Å². The Labute approximate surface area is 150 Å². The standard InChI is InChI=1S/C17H24F3N5O/c1-12-9-13(17(18,19)20)24-14(23-12)3-6-22-15(26)25-8-2-4-16(11-25)5-7-21-10-16/h9,21H,2-8,10-11H2,1H3,(H,22,26)/t16-/m0/s1. The number of aromatic nitrogens is 2. The maximum atomic E-state index is 12.8. The molecule has 2 aliphatic heterocycles. The van der Waals surface area contributed by atoms with Gasteiger partial charge in [-0.2, -0.15) is 13.2 Å². The lowest BCUT2D eigenvalue weighted by Crippen LogP contribution is -2.50. The van der Waals surface area contributed by atoms with E-state index in [0.717, 1.165) is 45.0 Å².